The minimum Gasteiger partial charge on any atom is -0.507 e. The molecule has 0 aliphatic carbocycles. The topological polar surface area (TPSA) is 80.0 Å². The van der Waals surface area contributed by atoms with E-state index >= 15 is 0 Å². The lowest BCUT2D eigenvalue weighted by molar-refractivity contribution is -0.140. The first-order valence-corrected chi connectivity index (χ1v) is 9.95. The van der Waals surface area contributed by atoms with Crippen molar-refractivity contribution in [2.75, 3.05) is 7.11 Å². The number of benzene rings is 1. The normalized spacial score (nSPS) is 18.4. The summed E-state index contributed by atoms with van der Waals surface area (Å²) in [6, 6.07) is 11.1. The number of likely N-dealkylation sites (tertiary alicyclic amines) is 1. The first-order valence-electron chi connectivity index (χ1n) is 8.69. The molecular formula is C21H16ClNO5S. The molecule has 1 saturated heterocycles. The Bertz CT molecular complexity index is 1090. The third kappa shape index (κ3) is 3.43. The second kappa shape index (κ2) is 7.77. The van der Waals surface area contributed by atoms with Crippen molar-refractivity contribution < 1.29 is 23.8 Å². The highest BCUT2D eigenvalue weighted by atomic mass is 35.5. The van der Waals surface area contributed by atoms with Gasteiger partial charge in [0.15, 0.2) is 0 Å². The summed E-state index contributed by atoms with van der Waals surface area (Å²) in [6.45, 7) is 0.112. The summed E-state index contributed by atoms with van der Waals surface area (Å²) in [7, 11) is 1.46. The average molecular weight is 430 g/mol. The highest BCUT2D eigenvalue weighted by Gasteiger charge is 2.46. The molecule has 1 aliphatic rings. The molecule has 3 heterocycles. The van der Waals surface area contributed by atoms with E-state index in [0.29, 0.717) is 22.1 Å². The van der Waals surface area contributed by atoms with Crippen LogP contribution in [0.5, 0.6) is 5.75 Å². The molecular weight excluding hydrogens is 414 g/mol. The van der Waals surface area contributed by atoms with Crippen LogP contribution in [0.2, 0.25) is 5.02 Å². The van der Waals surface area contributed by atoms with E-state index < -0.39 is 17.7 Å². The van der Waals surface area contributed by atoms with Crippen LogP contribution >= 0.6 is 22.9 Å². The number of furan rings is 1. The fourth-order valence-electron chi connectivity index (χ4n) is 3.32. The van der Waals surface area contributed by atoms with Crippen molar-refractivity contribution in [1.29, 1.82) is 0 Å². The van der Waals surface area contributed by atoms with Gasteiger partial charge in [-0.2, -0.15) is 0 Å². The zero-order chi connectivity index (χ0) is 20.5. The fourth-order valence-corrected chi connectivity index (χ4v) is 4.36. The molecule has 2 aromatic heterocycles. The van der Waals surface area contributed by atoms with Gasteiger partial charge >= 0.3 is 0 Å². The Hall–Kier alpha value is -3.03. The molecule has 148 valence electrons. The predicted octanol–water partition coefficient (Wildman–Crippen LogP) is 4.63. The molecule has 0 saturated carbocycles. The van der Waals surface area contributed by atoms with E-state index in [-0.39, 0.29) is 17.9 Å². The molecule has 3 aromatic rings. The molecule has 1 N–H and O–H groups in total. The summed E-state index contributed by atoms with van der Waals surface area (Å²) in [5.74, 6) is -0.822. The van der Waals surface area contributed by atoms with Gasteiger partial charge in [0.25, 0.3) is 11.7 Å². The number of ketones is 1. The molecule has 1 aliphatic heterocycles. The molecule has 1 aromatic carbocycles. The van der Waals surface area contributed by atoms with Crippen molar-refractivity contribution >= 4 is 40.4 Å². The minimum absolute atomic E-state index is 0.0216. The van der Waals surface area contributed by atoms with E-state index in [9.17, 15) is 14.7 Å². The van der Waals surface area contributed by atoms with Gasteiger partial charge in [0.05, 0.1) is 30.5 Å². The number of hydrogen-bond acceptors (Lipinski definition) is 6. The third-order valence-electron chi connectivity index (χ3n) is 4.68. The van der Waals surface area contributed by atoms with Gasteiger partial charge in [0.1, 0.15) is 23.3 Å². The van der Waals surface area contributed by atoms with Gasteiger partial charge < -0.3 is 19.2 Å². The number of Topliss-reactive ketones (excluding diaryl/α,β-unsaturated/α-hetero) is 1. The molecule has 1 amide bonds. The molecule has 8 heteroatoms. The van der Waals surface area contributed by atoms with Crippen LogP contribution in [0.1, 0.15) is 22.2 Å². The minimum atomic E-state index is -0.749. The summed E-state index contributed by atoms with van der Waals surface area (Å²) in [5, 5.41) is 13.2. The SMILES string of the molecule is COc1cc(/C(O)=C2/C(=O)C(=O)N(Cc3ccco3)C2c2cccs2)ccc1Cl. The quantitative estimate of drug-likeness (QED) is 0.363. The first kappa shape index (κ1) is 19.3. The number of aliphatic hydroxyl groups is 1. The van der Waals surface area contributed by atoms with Gasteiger partial charge in [-0.3, -0.25) is 9.59 Å². The Morgan fingerprint density at radius 1 is 1.28 bits per heavy atom. The number of rotatable bonds is 5. The number of nitrogens with zero attached hydrogens (tertiary/aromatic N) is 1. The lowest BCUT2D eigenvalue weighted by Crippen LogP contribution is -2.28. The molecule has 0 radical (unpaired) electrons. The summed E-state index contributed by atoms with van der Waals surface area (Å²) in [5.41, 5.74) is 0.359. The van der Waals surface area contributed by atoms with Crippen LogP contribution in [-0.4, -0.2) is 28.8 Å². The van der Waals surface area contributed by atoms with Crippen LogP contribution < -0.4 is 4.74 Å². The summed E-state index contributed by atoms with van der Waals surface area (Å²) < 4.78 is 10.6. The zero-order valence-corrected chi connectivity index (χ0v) is 16.9. The van der Waals surface area contributed by atoms with Crippen LogP contribution in [0.4, 0.5) is 0 Å². The zero-order valence-electron chi connectivity index (χ0n) is 15.3. The van der Waals surface area contributed by atoms with E-state index in [1.54, 1.807) is 24.3 Å². The Labute approximate surface area is 175 Å². The highest BCUT2D eigenvalue weighted by Crippen LogP contribution is 2.42. The molecule has 1 atom stereocenters. The van der Waals surface area contributed by atoms with Crippen molar-refractivity contribution in [3.05, 3.63) is 80.9 Å². The molecule has 0 bridgehead atoms. The van der Waals surface area contributed by atoms with Gasteiger partial charge in [0.2, 0.25) is 0 Å². The highest BCUT2D eigenvalue weighted by molar-refractivity contribution is 7.10. The van der Waals surface area contributed by atoms with Crippen molar-refractivity contribution in [3.8, 4) is 5.75 Å². The Balaban J connectivity index is 1.85. The maximum atomic E-state index is 12.9. The number of halogens is 1. The van der Waals surface area contributed by atoms with Gasteiger partial charge in [-0.1, -0.05) is 17.7 Å². The molecule has 1 unspecified atom stereocenters. The van der Waals surface area contributed by atoms with E-state index in [0.717, 1.165) is 4.88 Å². The average Bonchev–Trinajstić information content (AvgIpc) is 3.47. The van der Waals surface area contributed by atoms with Crippen LogP contribution in [0.3, 0.4) is 0 Å². The Morgan fingerprint density at radius 2 is 2.10 bits per heavy atom. The lowest BCUT2D eigenvalue weighted by atomic mass is 9.99. The van der Waals surface area contributed by atoms with Crippen molar-refractivity contribution in [2.24, 2.45) is 0 Å². The van der Waals surface area contributed by atoms with Crippen LogP contribution in [0.25, 0.3) is 5.76 Å². The molecule has 0 spiro atoms. The molecule has 6 nitrogen and oxygen atoms in total. The predicted molar refractivity (Wildman–Crippen MR) is 109 cm³/mol. The molecule has 29 heavy (non-hydrogen) atoms. The largest absolute Gasteiger partial charge is 0.507 e. The number of ether oxygens (including phenoxy) is 1. The van der Waals surface area contributed by atoms with Crippen LogP contribution in [-0.2, 0) is 16.1 Å². The second-order valence-corrected chi connectivity index (χ2v) is 7.76. The van der Waals surface area contributed by atoms with Gasteiger partial charge in [-0.05, 0) is 41.8 Å². The van der Waals surface area contributed by atoms with E-state index in [1.165, 1.54) is 35.7 Å². The Kier molecular flexibility index (Phi) is 5.17. The van der Waals surface area contributed by atoms with Gasteiger partial charge in [0, 0.05) is 10.4 Å². The fraction of sp³-hybridized carbons (Fsp3) is 0.143. The van der Waals surface area contributed by atoms with E-state index in [4.69, 9.17) is 20.8 Å². The smallest absolute Gasteiger partial charge is 0.296 e. The summed E-state index contributed by atoms with van der Waals surface area (Å²) >= 11 is 7.46. The van der Waals surface area contributed by atoms with Gasteiger partial charge in [-0.15, -0.1) is 11.3 Å². The number of aliphatic hydroxyl groups excluding tert-OH is 1. The lowest BCUT2D eigenvalue weighted by Gasteiger charge is -2.23. The van der Waals surface area contributed by atoms with Crippen LogP contribution in [0, 0.1) is 0 Å². The van der Waals surface area contributed by atoms with Crippen molar-refractivity contribution in [2.45, 2.75) is 12.6 Å². The molecule has 4 rings (SSSR count). The monoisotopic (exact) mass is 429 g/mol. The van der Waals surface area contributed by atoms with E-state index in [2.05, 4.69) is 0 Å². The maximum Gasteiger partial charge on any atom is 0.296 e. The maximum absolute atomic E-state index is 12.9. The number of carbonyl (C=O) groups is 2. The number of amides is 1. The summed E-state index contributed by atoms with van der Waals surface area (Å²) in [4.78, 5) is 27.9. The van der Waals surface area contributed by atoms with E-state index in [1.807, 2.05) is 17.5 Å². The van der Waals surface area contributed by atoms with Gasteiger partial charge in [-0.25, -0.2) is 0 Å². The molecule has 1 fully saturated rings. The summed E-state index contributed by atoms with van der Waals surface area (Å²) in [6.07, 6.45) is 1.51. The van der Waals surface area contributed by atoms with Crippen LogP contribution in [0.15, 0.2) is 64.1 Å². The third-order valence-corrected chi connectivity index (χ3v) is 5.92. The number of thiophene rings is 1. The number of hydrogen-bond donors (Lipinski definition) is 1. The Morgan fingerprint density at radius 3 is 2.76 bits per heavy atom. The first-order chi connectivity index (χ1) is 14.0. The number of carbonyl (C=O) groups excluding carboxylic acids is 2. The van der Waals surface area contributed by atoms with Crippen molar-refractivity contribution in [3.63, 3.8) is 0 Å². The van der Waals surface area contributed by atoms with Crippen molar-refractivity contribution in [1.82, 2.24) is 4.90 Å². The standard InChI is InChI=1S/C21H16ClNO5S/c1-27-15-10-12(6-7-14(15)22)19(24)17-18(16-5-3-9-29-16)23(21(26)20(17)25)11-13-4-2-8-28-13/h2-10,18,24H,11H2,1H3/b19-17-. The second-order valence-electron chi connectivity index (χ2n) is 6.37. The number of methoxy groups -OCH3 is 1.